The number of alkyl halides is 3. The number of amides is 1. The first-order valence-electron chi connectivity index (χ1n) is 13.9. The lowest BCUT2D eigenvalue weighted by molar-refractivity contribution is -0.136. The number of nitrogens with zero attached hydrogens (tertiary/aromatic N) is 3. The van der Waals surface area contributed by atoms with E-state index in [2.05, 4.69) is 60.2 Å². The van der Waals surface area contributed by atoms with Crippen LogP contribution in [0.1, 0.15) is 46.1 Å². The molecule has 4 rings (SSSR count). The number of nitrogens with one attached hydrogen (secondary N) is 1. The third-order valence-electron chi connectivity index (χ3n) is 7.62. The van der Waals surface area contributed by atoms with Crippen LogP contribution >= 0.6 is 11.8 Å². The van der Waals surface area contributed by atoms with Crippen molar-refractivity contribution in [3.05, 3.63) is 54.1 Å². The number of piperazine rings is 1. The van der Waals surface area contributed by atoms with Crippen molar-refractivity contribution < 1.29 is 18.0 Å². The van der Waals surface area contributed by atoms with Crippen molar-refractivity contribution in [2.75, 3.05) is 56.0 Å². The predicted octanol–water partition coefficient (Wildman–Crippen LogP) is 6.46. The van der Waals surface area contributed by atoms with Crippen molar-refractivity contribution >= 4 is 29.0 Å². The molecule has 0 radical (unpaired) electrons. The number of thioether (sulfide) groups is 1. The number of hydrogen-bond donors (Lipinski definition) is 1. The third kappa shape index (κ3) is 8.55. The summed E-state index contributed by atoms with van der Waals surface area (Å²) in [6.07, 6.45) is 1.83. The van der Waals surface area contributed by atoms with E-state index in [1.54, 1.807) is 12.1 Å². The zero-order valence-corrected chi connectivity index (χ0v) is 24.2. The number of likely N-dealkylation sites (tertiary alicyclic amines) is 1. The maximum atomic E-state index is 13.3. The summed E-state index contributed by atoms with van der Waals surface area (Å²) in [5, 5.41) is 3.41. The van der Waals surface area contributed by atoms with E-state index >= 15 is 0 Å². The molecule has 0 aliphatic carbocycles. The molecule has 0 spiro atoms. The lowest BCUT2D eigenvalue weighted by atomic mass is 9.87. The van der Waals surface area contributed by atoms with Crippen molar-refractivity contribution in [1.82, 2.24) is 9.80 Å². The molecule has 214 valence electrons. The highest BCUT2D eigenvalue weighted by Gasteiger charge is 2.30. The number of halogens is 3. The number of rotatable bonds is 7. The van der Waals surface area contributed by atoms with Gasteiger partial charge < -0.3 is 15.1 Å². The SMILES string of the molecule is CC(CN1CCN(c2ccc(C(C)(C)C)cc2)CC1)C(=O)N1CCCC(Nc2ccc(SC(F)(F)F)cc2)C1. The fourth-order valence-electron chi connectivity index (χ4n) is 5.42. The van der Waals surface area contributed by atoms with Crippen molar-refractivity contribution in [2.24, 2.45) is 5.92 Å². The Morgan fingerprint density at radius 3 is 2.21 bits per heavy atom. The van der Waals surface area contributed by atoms with Crippen LogP contribution in [-0.2, 0) is 10.2 Å². The molecule has 2 aliphatic rings. The average Bonchev–Trinajstić information content (AvgIpc) is 2.89. The van der Waals surface area contributed by atoms with Crippen LogP contribution in [0.15, 0.2) is 53.4 Å². The first-order valence-corrected chi connectivity index (χ1v) is 14.7. The molecule has 0 aromatic heterocycles. The molecule has 5 nitrogen and oxygen atoms in total. The fourth-order valence-corrected chi connectivity index (χ4v) is 5.96. The van der Waals surface area contributed by atoms with Gasteiger partial charge in [-0.15, -0.1) is 0 Å². The van der Waals surface area contributed by atoms with E-state index in [4.69, 9.17) is 0 Å². The second kappa shape index (κ2) is 12.4. The normalized spacial score (nSPS) is 20.1. The van der Waals surface area contributed by atoms with E-state index in [1.165, 1.54) is 23.4 Å². The van der Waals surface area contributed by atoms with Crippen molar-refractivity contribution in [3.63, 3.8) is 0 Å². The molecule has 2 aliphatic heterocycles. The lowest BCUT2D eigenvalue weighted by Crippen LogP contribution is -2.51. The van der Waals surface area contributed by atoms with E-state index in [9.17, 15) is 18.0 Å². The number of carbonyl (C=O) groups excluding carboxylic acids is 1. The van der Waals surface area contributed by atoms with Gasteiger partial charge in [0.2, 0.25) is 5.91 Å². The van der Waals surface area contributed by atoms with Gasteiger partial charge in [0.25, 0.3) is 0 Å². The van der Waals surface area contributed by atoms with Crippen LogP contribution in [0, 0.1) is 5.92 Å². The maximum absolute atomic E-state index is 13.3. The number of carbonyl (C=O) groups is 1. The van der Waals surface area contributed by atoms with Crippen LogP contribution in [0.4, 0.5) is 24.5 Å². The van der Waals surface area contributed by atoms with Crippen LogP contribution < -0.4 is 10.2 Å². The summed E-state index contributed by atoms with van der Waals surface area (Å²) in [5.41, 5.74) is -0.770. The van der Waals surface area contributed by atoms with Gasteiger partial charge in [0.05, 0.1) is 0 Å². The molecule has 0 bridgehead atoms. The number of anilines is 2. The van der Waals surface area contributed by atoms with Crippen LogP contribution in [-0.4, -0.2) is 73.1 Å². The quantitative estimate of drug-likeness (QED) is 0.393. The van der Waals surface area contributed by atoms with Crippen LogP contribution in [0.3, 0.4) is 0 Å². The molecule has 2 aromatic carbocycles. The Hall–Kier alpha value is -2.39. The minimum absolute atomic E-state index is 0.0833. The van der Waals surface area contributed by atoms with Gasteiger partial charge in [0.1, 0.15) is 0 Å². The zero-order chi connectivity index (χ0) is 28.2. The third-order valence-corrected chi connectivity index (χ3v) is 8.36. The molecule has 9 heteroatoms. The molecule has 2 fully saturated rings. The lowest BCUT2D eigenvalue weighted by Gasteiger charge is -2.39. The van der Waals surface area contributed by atoms with Gasteiger partial charge in [-0.25, -0.2) is 0 Å². The summed E-state index contributed by atoms with van der Waals surface area (Å²) in [7, 11) is 0. The van der Waals surface area contributed by atoms with Gasteiger partial charge in [-0.1, -0.05) is 39.8 Å². The van der Waals surface area contributed by atoms with Crippen LogP contribution in [0.5, 0.6) is 0 Å². The second-order valence-electron chi connectivity index (χ2n) is 11.8. The van der Waals surface area contributed by atoms with Crippen molar-refractivity contribution in [2.45, 2.75) is 62.4 Å². The van der Waals surface area contributed by atoms with E-state index in [1.807, 2.05) is 11.8 Å². The summed E-state index contributed by atoms with van der Waals surface area (Å²) in [6.45, 7) is 14.6. The van der Waals surface area contributed by atoms with Crippen LogP contribution in [0.25, 0.3) is 0 Å². The summed E-state index contributed by atoms with van der Waals surface area (Å²) in [5.74, 6) is 0.0960. The summed E-state index contributed by atoms with van der Waals surface area (Å²) >= 11 is -0.110. The summed E-state index contributed by atoms with van der Waals surface area (Å²) < 4.78 is 37.8. The topological polar surface area (TPSA) is 38.8 Å². The van der Waals surface area contributed by atoms with Gasteiger partial charge in [0.15, 0.2) is 0 Å². The Kier molecular flexibility index (Phi) is 9.42. The maximum Gasteiger partial charge on any atom is 0.446 e. The largest absolute Gasteiger partial charge is 0.446 e. The van der Waals surface area contributed by atoms with E-state index in [0.717, 1.165) is 57.8 Å². The Morgan fingerprint density at radius 2 is 1.62 bits per heavy atom. The highest BCUT2D eigenvalue weighted by molar-refractivity contribution is 8.00. The van der Waals surface area contributed by atoms with Crippen molar-refractivity contribution in [3.8, 4) is 0 Å². The zero-order valence-electron chi connectivity index (χ0n) is 23.4. The van der Waals surface area contributed by atoms with E-state index in [-0.39, 0.29) is 39.9 Å². The highest BCUT2D eigenvalue weighted by Crippen LogP contribution is 2.37. The standard InChI is InChI=1S/C30H41F3N4OS/c1-22(20-35-16-18-36(19-17-35)26-11-7-23(8-12-26)29(2,3)4)28(38)37-15-5-6-25(21-37)34-24-9-13-27(14-10-24)39-30(31,32)33/h7-14,22,25,34H,5-6,15-21H2,1-4H3. The smallest absolute Gasteiger partial charge is 0.381 e. The Bertz CT molecular complexity index is 1080. The first-order chi connectivity index (χ1) is 18.4. The molecular weight excluding hydrogens is 521 g/mol. The molecule has 2 heterocycles. The second-order valence-corrected chi connectivity index (χ2v) is 13.0. The molecule has 2 saturated heterocycles. The number of hydrogen-bond acceptors (Lipinski definition) is 5. The minimum atomic E-state index is -4.29. The van der Waals surface area contributed by atoms with Gasteiger partial charge in [-0.2, -0.15) is 13.2 Å². The first kappa shape index (κ1) is 29.6. The molecule has 2 atom stereocenters. The molecular formula is C30H41F3N4OS. The number of benzene rings is 2. The minimum Gasteiger partial charge on any atom is -0.381 e. The average molecular weight is 563 g/mol. The fraction of sp³-hybridized carbons (Fsp3) is 0.567. The Balaban J connectivity index is 1.23. The van der Waals surface area contributed by atoms with Gasteiger partial charge >= 0.3 is 5.51 Å². The number of piperidine rings is 1. The van der Waals surface area contributed by atoms with Crippen LogP contribution in [0.2, 0.25) is 0 Å². The molecule has 2 aromatic rings. The summed E-state index contributed by atoms with van der Waals surface area (Å²) in [6, 6.07) is 15.3. The van der Waals surface area contributed by atoms with Gasteiger partial charge in [0, 0.05) is 74.0 Å². The van der Waals surface area contributed by atoms with Gasteiger partial charge in [-0.3, -0.25) is 9.69 Å². The van der Waals surface area contributed by atoms with E-state index in [0.29, 0.717) is 6.54 Å². The van der Waals surface area contributed by atoms with Crippen molar-refractivity contribution in [1.29, 1.82) is 0 Å². The highest BCUT2D eigenvalue weighted by atomic mass is 32.2. The summed E-state index contributed by atoms with van der Waals surface area (Å²) in [4.78, 5) is 20.2. The molecule has 39 heavy (non-hydrogen) atoms. The molecule has 2 unspecified atom stereocenters. The predicted molar refractivity (Wildman–Crippen MR) is 155 cm³/mol. The molecule has 0 saturated carbocycles. The van der Waals surface area contributed by atoms with Gasteiger partial charge in [-0.05, 0) is 72.0 Å². The molecule has 1 N–H and O–H groups in total. The Labute approximate surface area is 235 Å². The Morgan fingerprint density at radius 1 is 0.974 bits per heavy atom. The monoisotopic (exact) mass is 562 g/mol. The van der Waals surface area contributed by atoms with E-state index < -0.39 is 5.51 Å². The molecule has 1 amide bonds.